The average Bonchev–Trinajstić information content (AvgIpc) is 2.62. The van der Waals surface area contributed by atoms with Gasteiger partial charge in [0.25, 0.3) is 9.04 Å². The van der Waals surface area contributed by atoms with Gasteiger partial charge in [-0.1, -0.05) is 86.0 Å². The third kappa shape index (κ3) is 3.40. The van der Waals surface area contributed by atoms with Crippen LogP contribution in [0.3, 0.4) is 0 Å². The van der Waals surface area contributed by atoms with E-state index in [2.05, 4.69) is 73.3 Å². The van der Waals surface area contributed by atoms with Gasteiger partial charge in [-0.2, -0.15) is 0 Å². The van der Waals surface area contributed by atoms with Gasteiger partial charge in [-0.05, 0) is 23.2 Å². The molecule has 1 nitrogen and oxygen atoms in total. The smallest absolute Gasteiger partial charge is 0.283 e. The first kappa shape index (κ1) is 15.3. The average molecular weight is 307 g/mol. The Hall–Kier alpha value is -1.64. The third-order valence-corrected chi connectivity index (χ3v) is 6.78. The number of benzene rings is 2. The van der Waals surface area contributed by atoms with Gasteiger partial charge in [-0.25, -0.2) is 0 Å². The molecule has 2 aromatic carbocycles. The predicted molar refractivity (Wildman–Crippen MR) is 95.0 cm³/mol. The Balaban J connectivity index is 1.93. The molecule has 1 aliphatic rings. The van der Waals surface area contributed by atoms with Gasteiger partial charge in [0.1, 0.15) is 0 Å². The molecule has 0 aliphatic heterocycles. The lowest BCUT2D eigenvalue weighted by Gasteiger charge is -2.37. The molecule has 0 heterocycles. The summed E-state index contributed by atoms with van der Waals surface area (Å²) in [6, 6.07) is 21.3. The molecular weight excluding hydrogens is 284 g/mol. The maximum atomic E-state index is 6.78. The van der Waals surface area contributed by atoms with E-state index in [0.717, 1.165) is 12.8 Å². The standard InChI is InChI=1S/C20H23OSi/c1-2-20(16-10-5-11-17-20)21-22(18-12-6-3-7-13-18)19-14-8-4-9-15-19/h2-4,6-9,12-15H,1,5,10-11,16-17H2. The largest absolute Gasteiger partial charge is 0.398 e. The van der Waals surface area contributed by atoms with Gasteiger partial charge in [0, 0.05) is 0 Å². The van der Waals surface area contributed by atoms with E-state index in [9.17, 15) is 0 Å². The molecule has 0 bridgehead atoms. The third-order valence-electron chi connectivity index (χ3n) is 4.45. The summed E-state index contributed by atoms with van der Waals surface area (Å²) >= 11 is 0. The van der Waals surface area contributed by atoms with Crippen LogP contribution in [0.5, 0.6) is 0 Å². The number of rotatable bonds is 5. The molecule has 22 heavy (non-hydrogen) atoms. The van der Waals surface area contributed by atoms with Crippen LogP contribution in [0.15, 0.2) is 73.3 Å². The van der Waals surface area contributed by atoms with Crippen molar-refractivity contribution < 1.29 is 4.43 Å². The summed E-state index contributed by atoms with van der Waals surface area (Å²) in [4.78, 5) is 0. The molecule has 1 saturated carbocycles. The molecule has 0 amide bonds. The molecule has 113 valence electrons. The van der Waals surface area contributed by atoms with Crippen LogP contribution in [0.4, 0.5) is 0 Å². The van der Waals surface area contributed by atoms with Crippen molar-refractivity contribution >= 4 is 19.4 Å². The topological polar surface area (TPSA) is 9.23 Å². The van der Waals surface area contributed by atoms with Crippen molar-refractivity contribution in [3.8, 4) is 0 Å². The minimum Gasteiger partial charge on any atom is -0.398 e. The first-order chi connectivity index (χ1) is 10.8. The second kappa shape index (κ2) is 7.08. The molecule has 1 fully saturated rings. The summed E-state index contributed by atoms with van der Waals surface area (Å²) in [6.45, 7) is 4.09. The van der Waals surface area contributed by atoms with Gasteiger partial charge in [0.15, 0.2) is 0 Å². The van der Waals surface area contributed by atoms with Gasteiger partial charge in [0.05, 0.1) is 5.60 Å². The maximum Gasteiger partial charge on any atom is 0.283 e. The molecule has 3 rings (SSSR count). The Morgan fingerprint density at radius 1 is 0.818 bits per heavy atom. The first-order valence-electron chi connectivity index (χ1n) is 8.13. The van der Waals surface area contributed by atoms with Crippen molar-refractivity contribution in [2.75, 3.05) is 0 Å². The van der Waals surface area contributed by atoms with Crippen LogP contribution in [0, 0.1) is 0 Å². The van der Waals surface area contributed by atoms with Crippen molar-refractivity contribution in [1.29, 1.82) is 0 Å². The Morgan fingerprint density at radius 3 is 1.77 bits per heavy atom. The van der Waals surface area contributed by atoms with Crippen molar-refractivity contribution in [3.05, 3.63) is 73.3 Å². The number of hydrogen-bond donors (Lipinski definition) is 0. The molecule has 0 N–H and O–H groups in total. The van der Waals surface area contributed by atoms with E-state index in [1.807, 2.05) is 0 Å². The molecular formula is C20H23OSi. The minimum atomic E-state index is -1.24. The fraction of sp³-hybridized carbons (Fsp3) is 0.300. The highest BCUT2D eigenvalue weighted by Crippen LogP contribution is 2.33. The lowest BCUT2D eigenvalue weighted by atomic mass is 9.85. The molecule has 2 heteroatoms. The zero-order valence-corrected chi connectivity index (χ0v) is 14.0. The number of hydrogen-bond acceptors (Lipinski definition) is 1. The van der Waals surface area contributed by atoms with Crippen LogP contribution < -0.4 is 10.4 Å². The highest BCUT2D eigenvalue weighted by atomic mass is 28.3. The SMILES string of the molecule is C=CC1(O[Si](c2ccccc2)c2ccccc2)CCCCC1. The summed E-state index contributed by atoms with van der Waals surface area (Å²) < 4.78 is 6.78. The first-order valence-corrected chi connectivity index (χ1v) is 9.54. The summed E-state index contributed by atoms with van der Waals surface area (Å²) in [5.74, 6) is 0. The molecule has 0 atom stereocenters. The molecule has 0 saturated heterocycles. The fourth-order valence-electron chi connectivity index (χ4n) is 3.16. The Kier molecular flexibility index (Phi) is 4.91. The molecule has 1 radical (unpaired) electrons. The summed E-state index contributed by atoms with van der Waals surface area (Å²) in [5.41, 5.74) is -0.141. The Morgan fingerprint density at radius 2 is 1.32 bits per heavy atom. The minimum absolute atomic E-state index is 0.141. The van der Waals surface area contributed by atoms with Crippen LogP contribution in [0.2, 0.25) is 0 Å². The maximum absolute atomic E-state index is 6.78. The predicted octanol–water partition coefficient (Wildman–Crippen LogP) is 3.70. The van der Waals surface area contributed by atoms with Gasteiger partial charge in [-0.3, -0.25) is 0 Å². The van der Waals surface area contributed by atoms with Crippen LogP contribution in [-0.4, -0.2) is 14.6 Å². The van der Waals surface area contributed by atoms with E-state index in [0.29, 0.717) is 0 Å². The normalized spacial score (nSPS) is 17.3. The molecule has 2 aromatic rings. The molecule has 0 unspecified atom stereocenters. The monoisotopic (exact) mass is 307 g/mol. The van der Waals surface area contributed by atoms with Crippen molar-refractivity contribution in [2.45, 2.75) is 37.7 Å². The zero-order valence-electron chi connectivity index (χ0n) is 13.0. The summed E-state index contributed by atoms with van der Waals surface area (Å²) in [7, 11) is -1.24. The summed E-state index contributed by atoms with van der Waals surface area (Å²) in [5, 5.41) is 2.62. The lowest BCUT2D eigenvalue weighted by molar-refractivity contribution is 0.0807. The van der Waals surface area contributed by atoms with Crippen molar-refractivity contribution in [2.24, 2.45) is 0 Å². The van der Waals surface area contributed by atoms with Gasteiger partial charge >= 0.3 is 0 Å². The van der Waals surface area contributed by atoms with Crippen molar-refractivity contribution in [1.82, 2.24) is 0 Å². The zero-order chi connectivity index (χ0) is 15.3. The van der Waals surface area contributed by atoms with E-state index in [4.69, 9.17) is 4.43 Å². The van der Waals surface area contributed by atoms with Crippen LogP contribution in [0.25, 0.3) is 0 Å². The van der Waals surface area contributed by atoms with E-state index in [1.54, 1.807) is 0 Å². The second-order valence-electron chi connectivity index (χ2n) is 5.99. The molecule has 0 aromatic heterocycles. The van der Waals surface area contributed by atoms with E-state index in [-0.39, 0.29) is 5.60 Å². The molecule has 1 aliphatic carbocycles. The Bertz CT molecular complexity index is 548. The van der Waals surface area contributed by atoms with E-state index in [1.165, 1.54) is 29.6 Å². The molecule has 0 spiro atoms. The van der Waals surface area contributed by atoms with Gasteiger partial charge < -0.3 is 4.43 Å². The van der Waals surface area contributed by atoms with Gasteiger partial charge in [0.2, 0.25) is 0 Å². The van der Waals surface area contributed by atoms with Crippen LogP contribution in [-0.2, 0) is 4.43 Å². The highest BCUT2D eigenvalue weighted by molar-refractivity contribution is 6.80. The van der Waals surface area contributed by atoms with Crippen molar-refractivity contribution in [3.63, 3.8) is 0 Å². The van der Waals surface area contributed by atoms with Crippen LogP contribution >= 0.6 is 0 Å². The highest BCUT2D eigenvalue weighted by Gasteiger charge is 2.34. The van der Waals surface area contributed by atoms with E-state index >= 15 is 0 Å². The van der Waals surface area contributed by atoms with E-state index < -0.39 is 9.04 Å². The quantitative estimate of drug-likeness (QED) is 0.604. The lowest BCUT2D eigenvalue weighted by Crippen LogP contribution is -2.51. The van der Waals surface area contributed by atoms with Gasteiger partial charge in [-0.15, -0.1) is 6.58 Å². The Labute approximate surface area is 135 Å². The van der Waals surface area contributed by atoms with Crippen LogP contribution in [0.1, 0.15) is 32.1 Å². The second-order valence-corrected chi connectivity index (χ2v) is 8.01. The fourth-order valence-corrected chi connectivity index (χ4v) is 5.42. The summed E-state index contributed by atoms with van der Waals surface area (Å²) in [6.07, 6.45) is 8.06.